The summed E-state index contributed by atoms with van der Waals surface area (Å²) in [5.74, 6) is -0.556. The predicted octanol–water partition coefficient (Wildman–Crippen LogP) is 4.10. The van der Waals surface area contributed by atoms with E-state index in [4.69, 9.17) is 0 Å². The first-order valence-electron chi connectivity index (χ1n) is 8.02. The molecule has 0 saturated carbocycles. The van der Waals surface area contributed by atoms with E-state index in [0.29, 0.717) is 17.0 Å². The molecular formula is C20H17FN2O2S. The van der Waals surface area contributed by atoms with Crippen molar-refractivity contribution in [1.29, 1.82) is 0 Å². The molecule has 0 atom stereocenters. The van der Waals surface area contributed by atoms with Crippen LogP contribution in [0.15, 0.2) is 60.7 Å². The molecule has 3 rings (SSSR count). The van der Waals surface area contributed by atoms with E-state index in [1.807, 2.05) is 18.2 Å². The lowest BCUT2D eigenvalue weighted by atomic mass is 10.1. The van der Waals surface area contributed by atoms with Crippen LogP contribution in [0.25, 0.3) is 10.4 Å². The molecule has 0 fully saturated rings. The van der Waals surface area contributed by atoms with Crippen molar-refractivity contribution in [3.05, 3.63) is 76.9 Å². The van der Waals surface area contributed by atoms with E-state index in [2.05, 4.69) is 10.6 Å². The molecule has 0 spiro atoms. The Kier molecular flexibility index (Phi) is 5.43. The fourth-order valence-corrected chi connectivity index (χ4v) is 3.31. The minimum absolute atomic E-state index is 0.0614. The number of nitrogens with one attached hydrogen (secondary N) is 2. The molecule has 3 aromatic rings. The van der Waals surface area contributed by atoms with Gasteiger partial charge >= 0.3 is 0 Å². The van der Waals surface area contributed by atoms with Gasteiger partial charge < -0.3 is 10.6 Å². The van der Waals surface area contributed by atoms with Gasteiger partial charge in [-0.3, -0.25) is 9.59 Å². The van der Waals surface area contributed by atoms with E-state index >= 15 is 0 Å². The number of benzene rings is 2. The van der Waals surface area contributed by atoms with Crippen LogP contribution in [0.2, 0.25) is 0 Å². The van der Waals surface area contributed by atoms with Crippen molar-refractivity contribution in [2.24, 2.45) is 0 Å². The number of likely N-dealkylation sites (N-methyl/N-ethyl adjacent to an activating group) is 1. The second-order valence-electron chi connectivity index (χ2n) is 5.67. The Morgan fingerprint density at radius 1 is 0.962 bits per heavy atom. The molecule has 0 aliphatic carbocycles. The smallest absolute Gasteiger partial charge is 0.265 e. The average Bonchev–Trinajstić information content (AvgIpc) is 3.14. The highest BCUT2D eigenvalue weighted by atomic mass is 32.1. The molecule has 4 nitrogen and oxygen atoms in total. The Morgan fingerprint density at radius 2 is 1.65 bits per heavy atom. The van der Waals surface area contributed by atoms with Crippen LogP contribution in [-0.2, 0) is 11.2 Å². The SMILES string of the molecule is CNC(=O)Cc1ccc(NC(=O)c2ccc(-c3ccc(F)cc3)s2)cc1. The van der Waals surface area contributed by atoms with E-state index in [-0.39, 0.29) is 17.6 Å². The Morgan fingerprint density at radius 3 is 2.31 bits per heavy atom. The molecule has 2 amide bonds. The molecular weight excluding hydrogens is 351 g/mol. The molecule has 6 heteroatoms. The molecule has 0 radical (unpaired) electrons. The zero-order valence-corrected chi connectivity index (χ0v) is 14.9. The number of carbonyl (C=O) groups excluding carboxylic acids is 2. The molecule has 132 valence electrons. The molecule has 1 heterocycles. The normalized spacial score (nSPS) is 10.4. The van der Waals surface area contributed by atoms with Crippen molar-refractivity contribution < 1.29 is 14.0 Å². The summed E-state index contributed by atoms with van der Waals surface area (Å²) in [5.41, 5.74) is 2.40. The summed E-state index contributed by atoms with van der Waals surface area (Å²) in [6.07, 6.45) is 0.302. The highest BCUT2D eigenvalue weighted by molar-refractivity contribution is 7.17. The van der Waals surface area contributed by atoms with Gasteiger partial charge in [0.1, 0.15) is 5.82 Å². The van der Waals surface area contributed by atoms with Crippen molar-refractivity contribution in [3.8, 4) is 10.4 Å². The summed E-state index contributed by atoms with van der Waals surface area (Å²) < 4.78 is 13.0. The molecule has 1 aromatic heterocycles. The number of anilines is 1. The molecule has 2 aromatic carbocycles. The molecule has 0 saturated heterocycles. The number of thiophene rings is 1. The van der Waals surface area contributed by atoms with Crippen LogP contribution in [-0.4, -0.2) is 18.9 Å². The summed E-state index contributed by atoms with van der Waals surface area (Å²) in [6.45, 7) is 0. The largest absolute Gasteiger partial charge is 0.359 e. The number of amides is 2. The lowest BCUT2D eigenvalue weighted by Crippen LogP contribution is -2.19. The monoisotopic (exact) mass is 368 g/mol. The van der Waals surface area contributed by atoms with Gasteiger partial charge in [0.2, 0.25) is 5.91 Å². The third-order valence-electron chi connectivity index (χ3n) is 3.81. The summed E-state index contributed by atoms with van der Waals surface area (Å²) in [5, 5.41) is 5.41. The van der Waals surface area contributed by atoms with Crippen LogP contribution < -0.4 is 10.6 Å². The third-order valence-corrected chi connectivity index (χ3v) is 4.95. The van der Waals surface area contributed by atoms with Gasteiger partial charge in [0.15, 0.2) is 0 Å². The van der Waals surface area contributed by atoms with Crippen LogP contribution in [0.3, 0.4) is 0 Å². The summed E-state index contributed by atoms with van der Waals surface area (Å²) in [6, 6.07) is 16.9. The minimum Gasteiger partial charge on any atom is -0.359 e. The van der Waals surface area contributed by atoms with Crippen molar-refractivity contribution in [1.82, 2.24) is 5.32 Å². The van der Waals surface area contributed by atoms with Gasteiger partial charge in [-0.25, -0.2) is 4.39 Å². The summed E-state index contributed by atoms with van der Waals surface area (Å²) in [7, 11) is 1.60. The molecule has 0 aliphatic heterocycles. The first-order valence-corrected chi connectivity index (χ1v) is 8.83. The number of rotatable bonds is 5. The van der Waals surface area contributed by atoms with Crippen LogP contribution in [0.4, 0.5) is 10.1 Å². The Balaban J connectivity index is 1.66. The number of halogens is 1. The van der Waals surface area contributed by atoms with E-state index < -0.39 is 0 Å². The van der Waals surface area contributed by atoms with Crippen molar-refractivity contribution in [2.45, 2.75) is 6.42 Å². The van der Waals surface area contributed by atoms with Crippen molar-refractivity contribution >= 4 is 28.8 Å². The third kappa shape index (κ3) is 4.34. The maximum absolute atomic E-state index is 13.0. The zero-order valence-electron chi connectivity index (χ0n) is 14.1. The van der Waals surface area contributed by atoms with Gasteiger partial charge in [-0.2, -0.15) is 0 Å². The standard InChI is InChI=1S/C20H17FN2O2S/c1-22-19(24)12-13-2-8-16(9-3-13)23-20(25)18-11-10-17(26-18)14-4-6-15(21)7-5-14/h2-11H,12H2,1H3,(H,22,24)(H,23,25). The fourth-order valence-electron chi connectivity index (χ4n) is 2.40. The van der Waals surface area contributed by atoms with E-state index in [1.54, 1.807) is 37.4 Å². The Bertz CT molecular complexity index is 918. The van der Waals surface area contributed by atoms with E-state index in [1.165, 1.54) is 23.5 Å². The average molecular weight is 368 g/mol. The maximum Gasteiger partial charge on any atom is 0.265 e. The number of hydrogen-bond acceptors (Lipinski definition) is 3. The van der Waals surface area contributed by atoms with Gasteiger partial charge in [0, 0.05) is 17.6 Å². The van der Waals surface area contributed by atoms with Crippen molar-refractivity contribution in [2.75, 3.05) is 12.4 Å². The van der Waals surface area contributed by atoms with Gasteiger partial charge in [-0.1, -0.05) is 24.3 Å². The molecule has 0 bridgehead atoms. The van der Waals surface area contributed by atoms with Crippen molar-refractivity contribution in [3.63, 3.8) is 0 Å². The van der Waals surface area contributed by atoms with Gasteiger partial charge in [0.05, 0.1) is 11.3 Å². The van der Waals surface area contributed by atoms with Crippen LogP contribution >= 0.6 is 11.3 Å². The second kappa shape index (κ2) is 7.93. The lowest BCUT2D eigenvalue weighted by molar-refractivity contribution is -0.119. The Labute approximate surface area is 154 Å². The lowest BCUT2D eigenvalue weighted by Gasteiger charge is -2.05. The van der Waals surface area contributed by atoms with Crippen LogP contribution in [0.1, 0.15) is 15.2 Å². The molecule has 2 N–H and O–H groups in total. The summed E-state index contributed by atoms with van der Waals surface area (Å²) in [4.78, 5) is 25.2. The Hall–Kier alpha value is -2.99. The summed E-state index contributed by atoms with van der Waals surface area (Å²) >= 11 is 1.35. The highest BCUT2D eigenvalue weighted by Crippen LogP contribution is 2.28. The fraction of sp³-hybridized carbons (Fsp3) is 0.100. The maximum atomic E-state index is 13.0. The van der Waals surface area contributed by atoms with Crippen LogP contribution in [0.5, 0.6) is 0 Å². The minimum atomic E-state index is -0.289. The zero-order chi connectivity index (χ0) is 18.5. The topological polar surface area (TPSA) is 58.2 Å². The number of hydrogen-bond donors (Lipinski definition) is 2. The highest BCUT2D eigenvalue weighted by Gasteiger charge is 2.11. The first-order chi connectivity index (χ1) is 12.5. The molecule has 0 unspecified atom stereocenters. The van der Waals surface area contributed by atoms with Gasteiger partial charge in [-0.05, 0) is 47.5 Å². The second-order valence-corrected chi connectivity index (χ2v) is 6.76. The predicted molar refractivity (Wildman–Crippen MR) is 102 cm³/mol. The number of carbonyl (C=O) groups is 2. The first kappa shape index (κ1) is 17.8. The molecule has 0 aliphatic rings. The van der Waals surface area contributed by atoms with Gasteiger partial charge in [-0.15, -0.1) is 11.3 Å². The van der Waals surface area contributed by atoms with Crippen LogP contribution in [0, 0.1) is 5.82 Å². The molecule has 26 heavy (non-hydrogen) atoms. The quantitative estimate of drug-likeness (QED) is 0.712. The van der Waals surface area contributed by atoms with E-state index in [9.17, 15) is 14.0 Å². The van der Waals surface area contributed by atoms with E-state index in [0.717, 1.165) is 16.0 Å². The van der Waals surface area contributed by atoms with Gasteiger partial charge in [0.25, 0.3) is 5.91 Å².